The predicted molar refractivity (Wildman–Crippen MR) is 99.7 cm³/mol. The number of rotatable bonds is 5. The lowest BCUT2D eigenvalue weighted by atomic mass is 9.68. The van der Waals surface area contributed by atoms with Crippen molar-refractivity contribution in [1.29, 1.82) is 0 Å². The Bertz CT molecular complexity index is 654. The molecule has 4 atom stereocenters. The zero-order valence-electron chi connectivity index (χ0n) is 14.4. The van der Waals surface area contributed by atoms with Gasteiger partial charge in [0.05, 0.1) is 5.60 Å². The Morgan fingerprint density at radius 1 is 1.08 bits per heavy atom. The van der Waals surface area contributed by atoms with E-state index in [1.54, 1.807) is 0 Å². The topological polar surface area (TPSA) is 32.3 Å². The molecular formula is C22H27NO. The van der Waals surface area contributed by atoms with E-state index in [2.05, 4.69) is 67.4 Å². The predicted octanol–water partition coefficient (Wildman–Crippen LogP) is 4.80. The highest BCUT2D eigenvalue weighted by Crippen LogP contribution is 2.46. The van der Waals surface area contributed by atoms with Crippen molar-refractivity contribution in [2.75, 3.05) is 0 Å². The number of benzene rings is 2. The summed E-state index contributed by atoms with van der Waals surface area (Å²) >= 11 is 0. The average Bonchev–Trinajstić information content (AvgIpc) is 2.62. The fraction of sp³-hybridized carbons (Fsp3) is 0.364. The fourth-order valence-electron chi connectivity index (χ4n) is 4.20. The molecule has 1 aliphatic heterocycles. The van der Waals surface area contributed by atoms with Crippen molar-refractivity contribution in [2.45, 2.75) is 43.9 Å². The highest BCUT2D eigenvalue weighted by molar-refractivity contribution is 5.27. The van der Waals surface area contributed by atoms with Crippen molar-refractivity contribution >= 4 is 0 Å². The minimum absolute atomic E-state index is 0.139. The first-order valence-corrected chi connectivity index (χ1v) is 8.87. The van der Waals surface area contributed by atoms with Crippen molar-refractivity contribution in [2.24, 2.45) is 5.92 Å². The monoisotopic (exact) mass is 321 g/mol. The molecule has 1 saturated heterocycles. The van der Waals surface area contributed by atoms with Crippen LogP contribution in [0.3, 0.4) is 0 Å². The summed E-state index contributed by atoms with van der Waals surface area (Å²) < 4.78 is 0. The normalized spacial score (nSPS) is 30.0. The quantitative estimate of drug-likeness (QED) is 0.776. The minimum atomic E-state index is -0.733. The highest BCUT2D eigenvalue weighted by Gasteiger charge is 2.46. The molecule has 2 aromatic rings. The molecule has 2 aromatic carbocycles. The molecule has 3 rings (SSSR count). The first-order chi connectivity index (χ1) is 11.7. The maximum Gasteiger partial charge on any atom is 0.0746 e. The van der Waals surface area contributed by atoms with Gasteiger partial charge in [-0.05, 0) is 30.4 Å². The van der Waals surface area contributed by atoms with E-state index in [0.717, 1.165) is 6.42 Å². The lowest BCUT2D eigenvalue weighted by Gasteiger charge is -2.48. The van der Waals surface area contributed by atoms with Gasteiger partial charge in [-0.25, -0.2) is 0 Å². The standard InChI is InChI=1S/C22H27NO/c1-3-15-22(24)16-20(17-11-7-5-8-12-17)23-21(19(22)4-2)18-13-9-6-10-14-18/h3,5-14,19-21,23-24H,1,4,15-16H2,2H3/t19-,20-,21-,22-/m0/s1. The third-order valence-electron chi connectivity index (χ3n) is 5.33. The molecule has 2 N–H and O–H groups in total. The van der Waals surface area contributed by atoms with Gasteiger partial charge >= 0.3 is 0 Å². The van der Waals surface area contributed by atoms with E-state index in [0.29, 0.717) is 12.8 Å². The molecule has 1 heterocycles. The first kappa shape index (κ1) is 16.9. The van der Waals surface area contributed by atoms with E-state index in [4.69, 9.17) is 0 Å². The lowest BCUT2D eigenvalue weighted by Crippen LogP contribution is -2.52. The number of piperidine rings is 1. The third kappa shape index (κ3) is 3.31. The summed E-state index contributed by atoms with van der Waals surface area (Å²) in [5, 5.41) is 15.3. The van der Waals surface area contributed by atoms with Crippen LogP contribution in [0.25, 0.3) is 0 Å². The minimum Gasteiger partial charge on any atom is -0.389 e. The van der Waals surface area contributed by atoms with Gasteiger partial charge in [0.25, 0.3) is 0 Å². The summed E-state index contributed by atoms with van der Waals surface area (Å²) in [5.41, 5.74) is 1.74. The van der Waals surface area contributed by atoms with Crippen molar-refractivity contribution in [3.8, 4) is 0 Å². The van der Waals surface area contributed by atoms with Gasteiger partial charge in [-0.15, -0.1) is 6.58 Å². The molecule has 0 spiro atoms. The van der Waals surface area contributed by atoms with Gasteiger partial charge in [-0.2, -0.15) is 0 Å². The summed E-state index contributed by atoms with van der Waals surface area (Å²) in [6.45, 7) is 6.05. The third-order valence-corrected chi connectivity index (χ3v) is 5.33. The fourth-order valence-corrected chi connectivity index (χ4v) is 4.20. The molecule has 2 nitrogen and oxygen atoms in total. The SMILES string of the molecule is C=CC[C@]1(O)C[C@@H](c2ccccc2)N[C@@H](c2ccccc2)[C@@H]1CC. The van der Waals surface area contributed by atoms with E-state index in [-0.39, 0.29) is 18.0 Å². The zero-order chi connectivity index (χ0) is 17.0. The summed E-state index contributed by atoms with van der Waals surface area (Å²) in [4.78, 5) is 0. The van der Waals surface area contributed by atoms with Gasteiger partial charge in [-0.3, -0.25) is 0 Å². The van der Waals surface area contributed by atoms with Crippen LogP contribution in [0.1, 0.15) is 49.4 Å². The summed E-state index contributed by atoms with van der Waals surface area (Å²) in [5.74, 6) is 0.165. The van der Waals surface area contributed by atoms with Crippen LogP contribution in [0, 0.1) is 5.92 Å². The maximum atomic E-state index is 11.5. The van der Waals surface area contributed by atoms with Crippen LogP contribution in [0.15, 0.2) is 73.3 Å². The Hall–Kier alpha value is -1.90. The molecule has 0 aliphatic carbocycles. The van der Waals surface area contributed by atoms with E-state index >= 15 is 0 Å². The van der Waals surface area contributed by atoms with Gasteiger partial charge in [0.2, 0.25) is 0 Å². The summed E-state index contributed by atoms with van der Waals surface area (Å²) in [7, 11) is 0. The first-order valence-electron chi connectivity index (χ1n) is 8.87. The Kier molecular flexibility index (Phi) is 5.17. The van der Waals surface area contributed by atoms with E-state index < -0.39 is 5.60 Å². The zero-order valence-corrected chi connectivity index (χ0v) is 14.4. The Labute approximate surface area is 145 Å². The molecule has 126 valence electrons. The van der Waals surface area contributed by atoms with Gasteiger partial charge < -0.3 is 10.4 Å². The molecule has 2 heteroatoms. The lowest BCUT2D eigenvalue weighted by molar-refractivity contribution is -0.0741. The summed E-state index contributed by atoms with van der Waals surface area (Å²) in [6, 6.07) is 21.2. The number of nitrogens with one attached hydrogen (secondary N) is 1. The molecule has 0 saturated carbocycles. The van der Waals surface area contributed by atoms with E-state index in [1.807, 2.05) is 18.2 Å². The van der Waals surface area contributed by atoms with Gasteiger partial charge in [0, 0.05) is 18.0 Å². The van der Waals surface area contributed by atoms with Gasteiger partial charge in [0.15, 0.2) is 0 Å². The van der Waals surface area contributed by atoms with Crippen LogP contribution >= 0.6 is 0 Å². The average molecular weight is 321 g/mol. The van der Waals surface area contributed by atoms with Crippen LogP contribution < -0.4 is 5.32 Å². The number of aliphatic hydroxyl groups is 1. The molecular weight excluding hydrogens is 294 g/mol. The Morgan fingerprint density at radius 3 is 2.21 bits per heavy atom. The molecule has 0 bridgehead atoms. The van der Waals surface area contributed by atoms with Crippen molar-refractivity contribution in [3.63, 3.8) is 0 Å². The van der Waals surface area contributed by atoms with Crippen molar-refractivity contribution in [3.05, 3.63) is 84.4 Å². The second kappa shape index (κ2) is 7.33. The van der Waals surface area contributed by atoms with Crippen LogP contribution in [-0.4, -0.2) is 10.7 Å². The van der Waals surface area contributed by atoms with Crippen LogP contribution in [0.4, 0.5) is 0 Å². The molecule has 24 heavy (non-hydrogen) atoms. The second-order valence-corrected chi connectivity index (χ2v) is 6.83. The smallest absolute Gasteiger partial charge is 0.0746 e. The van der Waals surface area contributed by atoms with Crippen LogP contribution in [0.2, 0.25) is 0 Å². The number of hydrogen-bond donors (Lipinski definition) is 2. The van der Waals surface area contributed by atoms with E-state index in [1.165, 1.54) is 11.1 Å². The molecule has 1 fully saturated rings. The Balaban J connectivity index is 2.00. The highest BCUT2D eigenvalue weighted by atomic mass is 16.3. The summed E-state index contributed by atoms with van der Waals surface area (Å²) in [6.07, 6.45) is 4.13. The molecule has 1 aliphatic rings. The largest absolute Gasteiger partial charge is 0.389 e. The van der Waals surface area contributed by atoms with Crippen molar-refractivity contribution < 1.29 is 5.11 Å². The van der Waals surface area contributed by atoms with Crippen LogP contribution in [-0.2, 0) is 0 Å². The maximum absolute atomic E-state index is 11.5. The Morgan fingerprint density at radius 2 is 1.67 bits per heavy atom. The molecule has 0 amide bonds. The molecule has 0 unspecified atom stereocenters. The molecule has 0 radical (unpaired) electrons. The van der Waals surface area contributed by atoms with Gasteiger partial charge in [0.1, 0.15) is 0 Å². The second-order valence-electron chi connectivity index (χ2n) is 6.83. The number of hydrogen-bond acceptors (Lipinski definition) is 2. The van der Waals surface area contributed by atoms with Gasteiger partial charge in [-0.1, -0.05) is 73.7 Å². The van der Waals surface area contributed by atoms with E-state index in [9.17, 15) is 5.11 Å². The van der Waals surface area contributed by atoms with Crippen LogP contribution in [0.5, 0.6) is 0 Å². The van der Waals surface area contributed by atoms with Crippen molar-refractivity contribution in [1.82, 2.24) is 5.32 Å². The molecule has 0 aromatic heterocycles.